The lowest BCUT2D eigenvalue weighted by Gasteiger charge is -1.91. The van der Waals surface area contributed by atoms with Crippen LogP contribution in [0.25, 0.3) is 43.9 Å². The third-order valence-electron chi connectivity index (χ3n) is 3.99. The molecule has 3 aromatic heterocycles. The zero-order chi connectivity index (χ0) is 14.1. The Bertz CT molecular complexity index is 1060. The minimum atomic E-state index is 0.844. The van der Waals surface area contributed by atoms with Crippen LogP contribution >= 0.6 is 0 Å². The Balaban J connectivity index is 1.97. The van der Waals surface area contributed by atoms with E-state index in [1.807, 2.05) is 38.1 Å². The molecule has 5 aromatic rings. The molecule has 5 rings (SSSR count). The van der Waals surface area contributed by atoms with Gasteiger partial charge in [0.2, 0.25) is 0 Å². The molecule has 21 heavy (non-hydrogen) atoms. The average Bonchev–Trinajstić information content (AvgIpc) is 3.05. The molecule has 0 aliphatic carbocycles. The van der Waals surface area contributed by atoms with Crippen LogP contribution in [0.4, 0.5) is 0 Å². The van der Waals surface area contributed by atoms with Gasteiger partial charge in [-0.1, -0.05) is 0 Å². The van der Waals surface area contributed by atoms with Gasteiger partial charge in [-0.25, -0.2) is 0 Å². The van der Waals surface area contributed by atoms with Gasteiger partial charge in [-0.05, 0) is 38.1 Å². The van der Waals surface area contributed by atoms with Crippen LogP contribution in [-0.2, 0) is 0 Å². The Morgan fingerprint density at radius 3 is 1.48 bits per heavy atom. The summed E-state index contributed by atoms with van der Waals surface area (Å²) in [5, 5.41) is 4.43. The molecule has 0 atom stereocenters. The molecule has 0 radical (unpaired) electrons. The molecule has 0 unspecified atom stereocenters. The summed E-state index contributed by atoms with van der Waals surface area (Å²) in [6, 6.07) is 12.3. The van der Waals surface area contributed by atoms with Crippen molar-refractivity contribution in [1.29, 1.82) is 0 Å². The number of aryl methyl sites for hydroxylation is 2. The predicted molar refractivity (Wildman–Crippen MR) is 82.7 cm³/mol. The predicted octanol–water partition coefficient (Wildman–Crippen LogP) is 5.70. The topological polar surface area (TPSA) is 39.4 Å². The van der Waals surface area contributed by atoms with Crippen molar-refractivity contribution in [2.45, 2.75) is 13.8 Å². The smallest absolute Gasteiger partial charge is 0.139 e. The monoisotopic (exact) mass is 276 g/mol. The SMILES string of the molecule is Cc1cc2cc3c(cc2o1)oc1cc2oc(C)cc2cc13. The van der Waals surface area contributed by atoms with Crippen LogP contribution in [0.3, 0.4) is 0 Å². The molecular weight excluding hydrogens is 264 g/mol. The minimum absolute atomic E-state index is 0.844. The van der Waals surface area contributed by atoms with Crippen LogP contribution in [0.15, 0.2) is 49.6 Å². The van der Waals surface area contributed by atoms with Crippen molar-refractivity contribution >= 4 is 43.9 Å². The largest absolute Gasteiger partial charge is 0.461 e. The van der Waals surface area contributed by atoms with Gasteiger partial charge >= 0.3 is 0 Å². The first kappa shape index (κ1) is 11.0. The number of furan rings is 3. The zero-order valence-corrected chi connectivity index (χ0v) is 11.7. The third-order valence-corrected chi connectivity index (χ3v) is 3.99. The van der Waals surface area contributed by atoms with Gasteiger partial charge in [-0.15, -0.1) is 0 Å². The first-order chi connectivity index (χ1) is 10.2. The van der Waals surface area contributed by atoms with E-state index in [2.05, 4.69) is 12.1 Å². The first-order valence-electron chi connectivity index (χ1n) is 6.94. The number of fused-ring (bicyclic) bond motifs is 5. The van der Waals surface area contributed by atoms with E-state index >= 15 is 0 Å². The summed E-state index contributed by atoms with van der Waals surface area (Å²) in [5.41, 5.74) is 3.41. The second-order valence-corrected chi connectivity index (χ2v) is 5.59. The fourth-order valence-electron chi connectivity index (χ4n) is 3.11. The van der Waals surface area contributed by atoms with Gasteiger partial charge in [-0.3, -0.25) is 0 Å². The quantitative estimate of drug-likeness (QED) is 0.364. The Morgan fingerprint density at radius 1 is 0.524 bits per heavy atom. The molecule has 2 aromatic carbocycles. The van der Waals surface area contributed by atoms with Gasteiger partial charge in [0.1, 0.15) is 33.9 Å². The summed E-state index contributed by atoms with van der Waals surface area (Å²) in [4.78, 5) is 0. The van der Waals surface area contributed by atoms with Crippen LogP contribution in [0.1, 0.15) is 11.5 Å². The number of rotatable bonds is 0. The normalized spacial score (nSPS) is 12.3. The van der Waals surface area contributed by atoms with E-state index in [9.17, 15) is 0 Å². The van der Waals surface area contributed by atoms with Crippen molar-refractivity contribution in [3.8, 4) is 0 Å². The van der Waals surface area contributed by atoms with Crippen molar-refractivity contribution in [3.63, 3.8) is 0 Å². The summed E-state index contributed by atoms with van der Waals surface area (Å²) in [7, 11) is 0. The van der Waals surface area contributed by atoms with Crippen LogP contribution in [-0.4, -0.2) is 0 Å². The summed E-state index contributed by atoms with van der Waals surface area (Å²) in [5.74, 6) is 1.82. The Kier molecular flexibility index (Phi) is 1.84. The maximum Gasteiger partial charge on any atom is 0.139 e. The van der Waals surface area contributed by atoms with Crippen molar-refractivity contribution < 1.29 is 13.3 Å². The van der Waals surface area contributed by atoms with E-state index in [-0.39, 0.29) is 0 Å². The molecular formula is C18H12O3. The number of benzene rings is 2. The van der Waals surface area contributed by atoms with Gasteiger partial charge in [0.05, 0.1) is 0 Å². The Hall–Kier alpha value is -2.68. The maximum absolute atomic E-state index is 5.97. The van der Waals surface area contributed by atoms with Crippen molar-refractivity contribution in [3.05, 3.63) is 47.9 Å². The standard InChI is InChI=1S/C18H12O3/c1-9-3-11-5-13-14-6-12-4-10(2)20-16(12)8-18(14)21-17(13)7-15(11)19-9/h3-8H,1-2H3. The zero-order valence-electron chi connectivity index (χ0n) is 11.7. The van der Waals surface area contributed by atoms with E-state index in [4.69, 9.17) is 13.3 Å². The second-order valence-electron chi connectivity index (χ2n) is 5.59. The van der Waals surface area contributed by atoms with Gasteiger partial charge < -0.3 is 13.3 Å². The van der Waals surface area contributed by atoms with E-state index in [1.165, 1.54) is 0 Å². The summed E-state index contributed by atoms with van der Waals surface area (Å²) in [6.45, 7) is 3.91. The summed E-state index contributed by atoms with van der Waals surface area (Å²) in [6.07, 6.45) is 0. The third kappa shape index (κ3) is 1.43. The Morgan fingerprint density at radius 2 is 1.00 bits per heavy atom. The molecule has 0 saturated heterocycles. The van der Waals surface area contributed by atoms with Crippen molar-refractivity contribution in [1.82, 2.24) is 0 Å². The van der Waals surface area contributed by atoms with E-state index < -0.39 is 0 Å². The molecule has 3 heterocycles. The number of hydrogen-bond acceptors (Lipinski definition) is 3. The highest BCUT2D eigenvalue weighted by molar-refractivity contribution is 6.12. The molecule has 3 nitrogen and oxygen atoms in total. The lowest BCUT2D eigenvalue weighted by atomic mass is 10.1. The van der Waals surface area contributed by atoms with Gasteiger partial charge in [0.25, 0.3) is 0 Å². The van der Waals surface area contributed by atoms with Gasteiger partial charge in [-0.2, -0.15) is 0 Å². The lowest BCUT2D eigenvalue weighted by molar-refractivity contribution is 0.577. The van der Waals surface area contributed by atoms with Crippen LogP contribution in [0, 0.1) is 13.8 Å². The highest BCUT2D eigenvalue weighted by Gasteiger charge is 2.13. The molecule has 0 saturated carbocycles. The molecule has 102 valence electrons. The molecule has 0 aliphatic heterocycles. The molecule has 0 aliphatic rings. The average molecular weight is 276 g/mol. The van der Waals surface area contributed by atoms with E-state index in [1.54, 1.807) is 0 Å². The van der Waals surface area contributed by atoms with Gasteiger partial charge in [0.15, 0.2) is 0 Å². The van der Waals surface area contributed by atoms with Crippen molar-refractivity contribution in [2.24, 2.45) is 0 Å². The van der Waals surface area contributed by atoms with Crippen molar-refractivity contribution in [2.75, 3.05) is 0 Å². The molecule has 0 fully saturated rings. The molecule has 0 N–H and O–H groups in total. The minimum Gasteiger partial charge on any atom is -0.461 e. The molecule has 0 amide bonds. The molecule has 0 spiro atoms. The van der Waals surface area contributed by atoms with E-state index in [0.717, 1.165) is 55.4 Å². The fourth-order valence-corrected chi connectivity index (χ4v) is 3.11. The second kappa shape index (κ2) is 3.50. The van der Waals surface area contributed by atoms with Gasteiger partial charge in [0, 0.05) is 33.7 Å². The first-order valence-corrected chi connectivity index (χ1v) is 6.94. The van der Waals surface area contributed by atoms with Crippen LogP contribution in [0.2, 0.25) is 0 Å². The molecule has 0 bridgehead atoms. The summed E-state index contributed by atoms with van der Waals surface area (Å²) >= 11 is 0. The lowest BCUT2D eigenvalue weighted by Crippen LogP contribution is -1.68. The highest BCUT2D eigenvalue weighted by Crippen LogP contribution is 2.36. The fraction of sp³-hybridized carbons (Fsp3) is 0.111. The Labute approximate surface area is 119 Å². The maximum atomic E-state index is 5.97. The van der Waals surface area contributed by atoms with Crippen LogP contribution < -0.4 is 0 Å². The van der Waals surface area contributed by atoms with Crippen LogP contribution in [0.5, 0.6) is 0 Å². The molecule has 3 heteroatoms. The number of hydrogen-bond donors (Lipinski definition) is 0. The van der Waals surface area contributed by atoms with E-state index in [0.29, 0.717) is 0 Å². The highest BCUT2D eigenvalue weighted by atomic mass is 16.4. The summed E-state index contributed by atoms with van der Waals surface area (Å²) < 4.78 is 17.3.